The highest BCUT2D eigenvalue weighted by Gasteiger charge is 2.11. The van der Waals surface area contributed by atoms with E-state index in [-0.39, 0.29) is 5.11 Å². The van der Waals surface area contributed by atoms with Crippen LogP contribution >= 0.6 is 35.4 Å². The first-order valence-corrected chi connectivity index (χ1v) is 13.3. The summed E-state index contributed by atoms with van der Waals surface area (Å²) in [6, 6.07) is 20.6. The average Bonchev–Trinajstić information content (AvgIpc) is 3.54. The molecule has 0 saturated heterocycles. The van der Waals surface area contributed by atoms with Crippen molar-refractivity contribution in [3.05, 3.63) is 99.7 Å². The average molecular weight is 577 g/mol. The molecule has 7 nitrogen and oxygen atoms in total. The molecule has 2 N–H and O–H groups in total. The summed E-state index contributed by atoms with van der Waals surface area (Å²) >= 11 is 17.5. The molecule has 2 heterocycles. The van der Waals surface area contributed by atoms with Gasteiger partial charge in [0.1, 0.15) is 22.6 Å². The van der Waals surface area contributed by atoms with Gasteiger partial charge in [0, 0.05) is 27.4 Å². The maximum absolute atomic E-state index is 12.5. The maximum atomic E-state index is 12.5. The Morgan fingerprint density at radius 2 is 1.69 bits per heavy atom. The predicted molar refractivity (Wildman–Crippen MR) is 161 cm³/mol. The molecule has 0 aliphatic heterocycles. The molecule has 39 heavy (non-hydrogen) atoms. The number of fused-ring (bicyclic) bond motifs is 1. The number of anilines is 1. The third-order valence-corrected chi connectivity index (χ3v) is 6.60. The van der Waals surface area contributed by atoms with Crippen LogP contribution in [-0.4, -0.2) is 26.0 Å². The Labute approximate surface area is 240 Å². The number of hydrogen-bond acceptors (Lipinski definition) is 5. The van der Waals surface area contributed by atoms with Gasteiger partial charge in [-0.15, -0.1) is 10.2 Å². The van der Waals surface area contributed by atoms with E-state index < -0.39 is 5.91 Å². The number of carbonyl (C=O) groups excluding carboxylic acids is 1. The van der Waals surface area contributed by atoms with Gasteiger partial charge in [-0.05, 0) is 97.4 Å². The van der Waals surface area contributed by atoms with Crippen molar-refractivity contribution in [1.29, 1.82) is 0 Å². The Morgan fingerprint density at radius 1 is 1.00 bits per heavy atom. The van der Waals surface area contributed by atoms with E-state index in [0.717, 1.165) is 34.4 Å². The van der Waals surface area contributed by atoms with Crippen LogP contribution in [-0.2, 0) is 11.2 Å². The largest absolute Gasteiger partial charge is 0.457 e. The quantitative estimate of drug-likeness (QED) is 0.162. The number of aromatic nitrogens is 3. The minimum absolute atomic E-state index is 0.156. The Kier molecular flexibility index (Phi) is 7.79. The molecular formula is C29H23Cl2N5O2S. The van der Waals surface area contributed by atoms with Gasteiger partial charge in [-0.25, -0.2) is 0 Å². The molecule has 0 aliphatic carbocycles. The number of rotatable bonds is 6. The summed E-state index contributed by atoms with van der Waals surface area (Å²) in [5.74, 6) is 0.665. The first-order chi connectivity index (χ1) is 18.8. The molecule has 0 spiro atoms. The standard InChI is InChI=1S/C29H23Cl2N5O2S/c1-3-18-4-6-22(7-5-18)36-34-25-12-17(2)24(16-26(25)35-36)32-29(39)33-28(37)11-9-23-8-10-27(38-23)19-13-20(30)15-21(31)14-19/h4-16H,3H2,1-2H3,(H2,32,33,37,39)/b11-9+. The normalized spacial score (nSPS) is 11.3. The lowest BCUT2D eigenvalue weighted by Gasteiger charge is -2.10. The number of benzene rings is 3. The van der Waals surface area contributed by atoms with Crippen molar-refractivity contribution in [2.45, 2.75) is 20.3 Å². The molecule has 0 bridgehead atoms. The smallest absolute Gasteiger partial charge is 0.250 e. The number of carbonyl (C=O) groups is 1. The van der Waals surface area contributed by atoms with E-state index in [9.17, 15) is 4.79 Å². The fourth-order valence-corrected chi connectivity index (χ4v) is 4.68. The minimum Gasteiger partial charge on any atom is -0.457 e. The molecule has 196 valence electrons. The van der Waals surface area contributed by atoms with Gasteiger partial charge in [-0.2, -0.15) is 4.80 Å². The lowest BCUT2D eigenvalue weighted by atomic mass is 10.2. The Hall–Kier alpha value is -3.98. The van der Waals surface area contributed by atoms with Crippen LogP contribution in [0.5, 0.6) is 0 Å². The van der Waals surface area contributed by atoms with Gasteiger partial charge in [0.05, 0.1) is 5.69 Å². The highest BCUT2D eigenvalue weighted by molar-refractivity contribution is 7.80. The molecule has 0 unspecified atom stereocenters. The first kappa shape index (κ1) is 26.6. The molecular weight excluding hydrogens is 553 g/mol. The minimum atomic E-state index is -0.406. The van der Waals surface area contributed by atoms with Gasteiger partial charge in [-0.3, -0.25) is 10.1 Å². The van der Waals surface area contributed by atoms with E-state index in [1.807, 2.05) is 31.2 Å². The van der Waals surface area contributed by atoms with Crippen LogP contribution in [0.4, 0.5) is 5.69 Å². The monoisotopic (exact) mass is 575 g/mol. The molecule has 1 amide bonds. The summed E-state index contributed by atoms with van der Waals surface area (Å²) in [5, 5.41) is 16.1. The molecule has 0 aliphatic rings. The molecule has 5 rings (SSSR count). The van der Waals surface area contributed by atoms with Crippen LogP contribution < -0.4 is 10.6 Å². The summed E-state index contributed by atoms with van der Waals surface area (Å²) in [6.07, 6.45) is 3.86. The zero-order valence-corrected chi connectivity index (χ0v) is 23.4. The molecule has 3 aromatic carbocycles. The zero-order chi connectivity index (χ0) is 27.5. The second kappa shape index (κ2) is 11.4. The first-order valence-electron chi connectivity index (χ1n) is 12.1. The molecule has 0 radical (unpaired) electrons. The third-order valence-electron chi connectivity index (χ3n) is 5.96. The Bertz CT molecular complexity index is 1700. The number of halogens is 2. The van der Waals surface area contributed by atoms with Crippen molar-refractivity contribution in [2.24, 2.45) is 0 Å². The Morgan fingerprint density at radius 3 is 2.38 bits per heavy atom. The van der Waals surface area contributed by atoms with Crippen molar-refractivity contribution in [3.63, 3.8) is 0 Å². The van der Waals surface area contributed by atoms with Gasteiger partial charge < -0.3 is 9.73 Å². The van der Waals surface area contributed by atoms with Crippen LogP contribution in [0.15, 0.2) is 77.2 Å². The highest BCUT2D eigenvalue weighted by Crippen LogP contribution is 2.29. The van der Waals surface area contributed by atoms with Crippen molar-refractivity contribution < 1.29 is 9.21 Å². The number of hydrogen-bond donors (Lipinski definition) is 2. The predicted octanol–water partition coefficient (Wildman–Crippen LogP) is 7.38. The number of nitrogens with one attached hydrogen (secondary N) is 2. The topological polar surface area (TPSA) is 85.0 Å². The highest BCUT2D eigenvalue weighted by atomic mass is 35.5. The van der Waals surface area contributed by atoms with E-state index in [1.165, 1.54) is 11.6 Å². The molecule has 2 aromatic heterocycles. The van der Waals surface area contributed by atoms with Crippen molar-refractivity contribution >= 4 is 69.2 Å². The Balaban J connectivity index is 1.23. The summed E-state index contributed by atoms with van der Waals surface area (Å²) in [4.78, 5) is 14.1. The number of nitrogens with zero attached hydrogens (tertiary/aromatic N) is 3. The second-order valence-corrected chi connectivity index (χ2v) is 10.1. The molecule has 5 aromatic rings. The second-order valence-electron chi connectivity index (χ2n) is 8.80. The number of thiocarbonyl (C=S) groups is 1. The number of amides is 1. The molecule has 0 atom stereocenters. The fraction of sp³-hybridized carbons (Fsp3) is 0.103. The lowest BCUT2D eigenvalue weighted by Crippen LogP contribution is -2.33. The van der Waals surface area contributed by atoms with Crippen LogP contribution in [0, 0.1) is 6.92 Å². The zero-order valence-electron chi connectivity index (χ0n) is 21.0. The van der Waals surface area contributed by atoms with Crippen molar-refractivity contribution in [2.75, 3.05) is 5.32 Å². The summed E-state index contributed by atoms with van der Waals surface area (Å²) in [5.41, 5.74) is 5.96. The van der Waals surface area contributed by atoms with Crippen molar-refractivity contribution in [1.82, 2.24) is 20.3 Å². The summed E-state index contributed by atoms with van der Waals surface area (Å²) in [7, 11) is 0. The number of furan rings is 1. The van der Waals surface area contributed by atoms with E-state index in [4.69, 9.17) is 39.8 Å². The van der Waals surface area contributed by atoms with Crippen LogP contribution in [0.25, 0.3) is 34.1 Å². The molecule has 0 fully saturated rings. The van der Waals surface area contributed by atoms with Crippen LogP contribution in [0.2, 0.25) is 10.0 Å². The van der Waals surface area contributed by atoms with Gasteiger partial charge in [0.2, 0.25) is 5.91 Å². The van der Waals surface area contributed by atoms with E-state index in [1.54, 1.807) is 41.2 Å². The van der Waals surface area contributed by atoms with Gasteiger partial charge in [0.25, 0.3) is 0 Å². The number of aryl methyl sites for hydroxylation is 2. The van der Waals surface area contributed by atoms with Crippen LogP contribution in [0.3, 0.4) is 0 Å². The van der Waals surface area contributed by atoms with Crippen molar-refractivity contribution in [3.8, 4) is 17.0 Å². The maximum Gasteiger partial charge on any atom is 0.250 e. The fourth-order valence-electron chi connectivity index (χ4n) is 3.94. The molecule has 10 heteroatoms. The van der Waals surface area contributed by atoms with E-state index in [2.05, 4.69) is 39.9 Å². The lowest BCUT2D eigenvalue weighted by molar-refractivity contribution is -0.115. The summed E-state index contributed by atoms with van der Waals surface area (Å²) in [6.45, 7) is 4.05. The van der Waals surface area contributed by atoms with Gasteiger partial charge >= 0.3 is 0 Å². The third kappa shape index (κ3) is 6.37. The van der Waals surface area contributed by atoms with Gasteiger partial charge in [0.15, 0.2) is 5.11 Å². The van der Waals surface area contributed by atoms with Crippen LogP contribution in [0.1, 0.15) is 23.8 Å². The van der Waals surface area contributed by atoms with Gasteiger partial charge in [-0.1, -0.05) is 42.3 Å². The summed E-state index contributed by atoms with van der Waals surface area (Å²) < 4.78 is 5.79. The van der Waals surface area contributed by atoms with E-state index in [0.29, 0.717) is 27.1 Å². The molecule has 0 saturated carbocycles. The van der Waals surface area contributed by atoms with E-state index >= 15 is 0 Å². The SMILES string of the molecule is CCc1ccc(-n2nc3cc(C)c(NC(=S)NC(=O)/C=C/c4ccc(-c5cc(Cl)cc(Cl)c5)o4)cc3n2)cc1.